The lowest BCUT2D eigenvalue weighted by Gasteiger charge is -2.20. The normalized spacial score (nSPS) is 19.6. The molecule has 0 atom stereocenters. The van der Waals surface area contributed by atoms with Crippen molar-refractivity contribution in [3.8, 4) is 0 Å². The fourth-order valence-electron chi connectivity index (χ4n) is 2.07. The lowest BCUT2D eigenvalue weighted by atomic mass is 10.3. The first kappa shape index (κ1) is 13.4. The highest BCUT2D eigenvalue weighted by Crippen LogP contribution is 2.04. The van der Waals surface area contributed by atoms with Crippen molar-refractivity contribution in [2.24, 2.45) is 0 Å². The van der Waals surface area contributed by atoms with Gasteiger partial charge in [-0.25, -0.2) is 0 Å². The molecule has 1 aliphatic rings. The van der Waals surface area contributed by atoms with Crippen molar-refractivity contribution < 1.29 is 15.0 Å². The maximum atomic E-state index is 10.4. The summed E-state index contributed by atoms with van der Waals surface area (Å²) in [5.41, 5.74) is 0. The molecule has 0 spiro atoms. The molecule has 16 heavy (non-hydrogen) atoms. The van der Waals surface area contributed by atoms with E-state index < -0.39 is 5.97 Å². The number of aliphatic hydroxyl groups excluding tert-OH is 1. The van der Waals surface area contributed by atoms with Gasteiger partial charge in [0.05, 0.1) is 6.61 Å². The van der Waals surface area contributed by atoms with Crippen LogP contribution in [0.25, 0.3) is 0 Å². The van der Waals surface area contributed by atoms with Crippen LogP contribution in [-0.2, 0) is 4.79 Å². The standard InChI is InChI=1S/C11H22N2O3/c14-10-9-13-6-2-5-12(7-8-13)4-1-3-11(15)16/h14H,1-10H2,(H,15,16). The number of rotatable bonds is 6. The van der Waals surface area contributed by atoms with Crippen molar-refractivity contribution in [3.05, 3.63) is 0 Å². The van der Waals surface area contributed by atoms with Crippen LogP contribution < -0.4 is 0 Å². The van der Waals surface area contributed by atoms with Gasteiger partial charge in [0.15, 0.2) is 0 Å². The summed E-state index contributed by atoms with van der Waals surface area (Å²) in [6.07, 6.45) is 2.10. The summed E-state index contributed by atoms with van der Waals surface area (Å²) in [5, 5.41) is 17.4. The highest BCUT2D eigenvalue weighted by Gasteiger charge is 2.13. The maximum absolute atomic E-state index is 10.4. The molecule has 0 bridgehead atoms. The molecule has 0 aromatic carbocycles. The average Bonchev–Trinajstić information content (AvgIpc) is 2.44. The molecule has 0 saturated carbocycles. The van der Waals surface area contributed by atoms with Gasteiger partial charge in [-0.1, -0.05) is 0 Å². The molecule has 1 saturated heterocycles. The summed E-state index contributed by atoms with van der Waals surface area (Å²) >= 11 is 0. The SMILES string of the molecule is O=C(O)CCCN1CCCN(CCO)CC1. The lowest BCUT2D eigenvalue weighted by molar-refractivity contribution is -0.137. The molecule has 5 nitrogen and oxygen atoms in total. The van der Waals surface area contributed by atoms with Crippen LogP contribution in [-0.4, -0.2) is 71.9 Å². The van der Waals surface area contributed by atoms with Gasteiger partial charge >= 0.3 is 5.97 Å². The zero-order valence-electron chi connectivity index (χ0n) is 9.77. The second-order valence-electron chi connectivity index (χ2n) is 4.26. The van der Waals surface area contributed by atoms with E-state index in [0.29, 0.717) is 0 Å². The Bertz CT molecular complexity index is 211. The Morgan fingerprint density at radius 2 is 1.69 bits per heavy atom. The highest BCUT2D eigenvalue weighted by molar-refractivity contribution is 5.66. The Morgan fingerprint density at radius 1 is 1.06 bits per heavy atom. The van der Waals surface area contributed by atoms with Crippen LogP contribution in [0.5, 0.6) is 0 Å². The number of carboxylic acids is 1. The number of nitrogens with zero attached hydrogens (tertiary/aromatic N) is 2. The van der Waals surface area contributed by atoms with Crippen LogP contribution in [0.1, 0.15) is 19.3 Å². The molecule has 1 aliphatic heterocycles. The zero-order valence-corrected chi connectivity index (χ0v) is 9.77. The van der Waals surface area contributed by atoms with Crippen molar-refractivity contribution >= 4 is 5.97 Å². The minimum Gasteiger partial charge on any atom is -0.481 e. The fourth-order valence-corrected chi connectivity index (χ4v) is 2.07. The number of β-amino-alcohol motifs (C(OH)–C–C–N with tert-alkyl or cyclic N) is 1. The molecule has 1 rings (SSSR count). The molecule has 1 fully saturated rings. The van der Waals surface area contributed by atoms with E-state index in [0.717, 1.165) is 52.1 Å². The minimum absolute atomic E-state index is 0.221. The van der Waals surface area contributed by atoms with Gasteiger partial charge in [-0.3, -0.25) is 9.69 Å². The van der Waals surface area contributed by atoms with E-state index in [1.165, 1.54) is 0 Å². The van der Waals surface area contributed by atoms with Gasteiger partial charge in [-0.15, -0.1) is 0 Å². The van der Waals surface area contributed by atoms with Crippen LogP contribution in [0, 0.1) is 0 Å². The van der Waals surface area contributed by atoms with E-state index in [9.17, 15) is 4.79 Å². The number of carbonyl (C=O) groups is 1. The number of hydrogen-bond acceptors (Lipinski definition) is 4. The summed E-state index contributed by atoms with van der Waals surface area (Å²) in [4.78, 5) is 15.0. The Hall–Kier alpha value is -0.650. The predicted octanol–water partition coefficient (Wildman–Crippen LogP) is -0.149. The summed E-state index contributed by atoms with van der Waals surface area (Å²) < 4.78 is 0. The van der Waals surface area contributed by atoms with Crippen molar-refractivity contribution in [2.75, 3.05) is 45.9 Å². The Kier molecular flexibility index (Phi) is 6.37. The van der Waals surface area contributed by atoms with Gasteiger partial charge in [0.25, 0.3) is 0 Å². The van der Waals surface area contributed by atoms with Crippen molar-refractivity contribution in [3.63, 3.8) is 0 Å². The van der Waals surface area contributed by atoms with E-state index in [2.05, 4.69) is 9.80 Å². The molecule has 0 amide bonds. The summed E-state index contributed by atoms with van der Waals surface area (Å²) in [7, 11) is 0. The molecule has 1 heterocycles. The van der Waals surface area contributed by atoms with E-state index in [-0.39, 0.29) is 13.0 Å². The van der Waals surface area contributed by atoms with Gasteiger partial charge in [-0.2, -0.15) is 0 Å². The molecule has 2 N–H and O–H groups in total. The first-order valence-electron chi connectivity index (χ1n) is 5.99. The van der Waals surface area contributed by atoms with E-state index in [1.54, 1.807) is 0 Å². The monoisotopic (exact) mass is 230 g/mol. The molecular weight excluding hydrogens is 208 g/mol. The van der Waals surface area contributed by atoms with Gasteiger partial charge < -0.3 is 15.1 Å². The molecule has 0 aromatic heterocycles. The highest BCUT2D eigenvalue weighted by atomic mass is 16.4. The van der Waals surface area contributed by atoms with Gasteiger partial charge in [-0.05, 0) is 32.5 Å². The van der Waals surface area contributed by atoms with Crippen LogP contribution in [0.4, 0.5) is 0 Å². The van der Waals surface area contributed by atoms with Crippen molar-refractivity contribution in [1.29, 1.82) is 0 Å². The third-order valence-electron chi connectivity index (χ3n) is 2.96. The van der Waals surface area contributed by atoms with Gasteiger partial charge in [0, 0.05) is 26.1 Å². The average molecular weight is 230 g/mol. The third-order valence-corrected chi connectivity index (χ3v) is 2.96. The zero-order chi connectivity index (χ0) is 11.8. The minimum atomic E-state index is -0.711. The topological polar surface area (TPSA) is 64.0 Å². The second-order valence-corrected chi connectivity index (χ2v) is 4.26. The predicted molar refractivity (Wildman–Crippen MR) is 61.5 cm³/mol. The summed E-state index contributed by atoms with van der Waals surface area (Å²) in [6.45, 7) is 5.89. The van der Waals surface area contributed by atoms with Crippen molar-refractivity contribution in [2.45, 2.75) is 19.3 Å². The fraction of sp³-hybridized carbons (Fsp3) is 0.909. The van der Waals surface area contributed by atoms with E-state index in [4.69, 9.17) is 10.2 Å². The molecule has 0 radical (unpaired) electrons. The Balaban J connectivity index is 2.17. The van der Waals surface area contributed by atoms with Crippen LogP contribution in [0.3, 0.4) is 0 Å². The maximum Gasteiger partial charge on any atom is 0.303 e. The molecular formula is C11H22N2O3. The molecule has 94 valence electrons. The number of aliphatic carboxylic acids is 1. The van der Waals surface area contributed by atoms with Gasteiger partial charge in [0.1, 0.15) is 0 Å². The third kappa shape index (κ3) is 5.44. The second kappa shape index (κ2) is 7.60. The van der Waals surface area contributed by atoms with Crippen molar-refractivity contribution in [1.82, 2.24) is 9.80 Å². The van der Waals surface area contributed by atoms with E-state index >= 15 is 0 Å². The first-order valence-corrected chi connectivity index (χ1v) is 5.99. The van der Waals surface area contributed by atoms with E-state index in [1.807, 2.05) is 0 Å². The number of carboxylic acid groups (broad SMARTS) is 1. The summed E-state index contributed by atoms with van der Waals surface area (Å²) in [6, 6.07) is 0. The molecule has 0 aromatic rings. The molecule has 0 unspecified atom stereocenters. The smallest absolute Gasteiger partial charge is 0.303 e. The first-order chi connectivity index (χ1) is 7.72. The van der Waals surface area contributed by atoms with Crippen LogP contribution in [0.15, 0.2) is 0 Å². The van der Waals surface area contributed by atoms with Crippen LogP contribution >= 0.6 is 0 Å². The largest absolute Gasteiger partial charge is 0.481 e. The lowest BCUT2D eigenvalue weighted by Crippen LogP contribution is -2.33. The van der Waals surface area contributed by atoms with Gasteiger partial charge in [0.2, 0.25) is 0 Å². The quantitative estimate of drug-likeness (QED) is 0.664. The van der Waals surface area contributed by atoms with Crippen LogP contribution in [0.2, 0.25) is 0 Å². The number of hydrogen-bond donors (Lipinski definition) is 2. The Labute approximate surface area is 96.7 Å². The molecule has 0 aliphatic carbocycles. The number of aliphatic hydroxyl groups is 1. The summed E-state index contributed by atoms with van der Waals surface area (Å²) in [5.74, 6) is -0.711. The molecule has 5 heteroatoms. The Morgan fingerprint density at radius 3 is 2.25 bits per heavy atom.